The molecule has 0 radical (unpaired) electrons. The molecular weight excluding hydrogens is 305 g/mol. The fourth-order valence-electron chi connectivity index (χ4n) is 2.47. The van der Waals surface area contributed by atoms with Gasteiger partial charge in [0, 0.05) is 16.8 Å². The highest BCUT2D eigenvalue weighted by molar-refractivity contribution is 6.30. The monoisotopic (exact) mass is 325 g/mol. The molecule has 0 aromatic heterocycles. The molecule has 1 atom stereocenters. The number of alkyl halides is 1. The topological polar surface area (TPSA) is 21.6 Å². The summed E-state index contributed by atoms with van der Waals surface area (Å²) in [6, 6.07) is 7.88. The third kappa shape index (κ3) is 5.05. The summed E-state index contributed by atoms with van der Waals surface area (Å²) in [5.74, 6) is 1.04. The molecule has 0 spiro atoms. The zero-order chi connectivity index (χ0) is 15.1. The van der Waals surface area contributed by atoms with Crippen LogP contribution in [0.2, 0.25) is 5.02 Å². The summed E-state index contributed by atoms with van der Waals surface area (Å²) in [4.78, 5) is 5.41. The van der Waals surface area contributed by atoms with Gasteiger partial charge in [0.2, 0.25) is 0 Å². The highest BCUT2D eigenvalue weighted by Gasteiger charge is 2.21. The van der Waals surface area contributed by atoms with Gasteiger partial charge in [-0.15, -0.1) is 11.6 Å². The van der Waals surface area contributed by atoms with E-state index in [1.165, 1.54) is 12.0 Å². The predicted octanol–water partition coefficient (Wildman–Crippen LogP) is 5.54. The van der Waals surface area contributed by atoms with Crippen molar-refractivity contribution >= 4 is 35.0 Å². The lowest BCUT2D eigenvalue weighted by Crippen LogP contribution is -2.19. The van der Waals surface area contributed by atoms with Crippen molar-refractivity contribution < 1.29 is 4.84 Å². The Hall–Kier alpha value is -0.990. The molecule has 1 aromatic carbocycles. The summed E-state index contributed by atoms with van der Waals surface area (Å²) < 4.78 is 0. The van der Waals surface area contributed by atoms with Crippen molar-refractivity contribution in [3.8, 4) is 0 Å². The molecule has 114 valence electrons. The molecule has 1 aromatic rings. The highest BCUT2D eigenvalue weighted by atomic mass is 35.5. The summed E-state index contributed by atoms with van der Waals surface area (Å²) in [5.41, 5.74) is 3.49. The molecule has 1 unspecified atom stereocenters. The number of hydrogen-bond acceptors (Lipinski definition) is 2. The molecule has 0 aliphatic heterocycles. The van der Waals surface area contributed by atoms with E-state index in [0.717, 1.165) is 35.6 Å². The average molecular weight is 326 g/mol. The minimum Gasteiger partial charge on any atom is -0.396 e. The maximum absolute atomic E-state index is 5.93. The fourth-order valence-corrected chi connectivity index (χ4v) is 2.70. The molecule has 0 heterocycles. The summed E-state index contributed by atoms with van der Waals surface area (Å²) in [6.45, 7) is 2.78. The van der Waals surface area contributed by atoms with Gasteiger partial charge in [0.1, 0.15) is 6.61 Å². The average Bonchev–Trinajstić information content (AvgIpc) is 2.48. The van der Waals surface area contributed by atoms with Gasteiger partial charge in [0.25, 0.3) is 0 Å². The van der Waals surface area contributed by atoms with Gasteiger partial charge in [-0.25, -0.2) is 0 Å². The largest absolute Gasteiger partial charge is 0.396 e. The lowest BCUT2D eigenvalue weighted by atomic mass is 9.84. The van der Waals surface area contributed by atoms with Gasteiger partial charge in [0.05, 0.1) is 5.71 Å². The first-order chi connectivity index (χ1) is 10.2. The van der Waals surface area contributed by atoms with Gasteiger partial charge in [0.15, 0.2) is 0 Å². The zero-order valence-electron chi connectivity index (χ0n) is 12.3. The number of allylic oxidation sites excluding steroid dienone is 1. The molecule has 1 saturated carbocycles. The molecular formula is C17H21Cl2NO. The first kappa shape index (κ1) is 16.4. The van der Waals surface area contributed by atoms with E-state index in [4.69, 9.17) is 28.0 Å². The number of halogens is 2. The standard InChI is InChI=1S/C17H21Cl2NO/c1-13-4-2-5-15(17(13)20-21-11-3-10-18)12-14-6-8-16(19)9-7-14/h6-9,12-13H,2-5,10-11H2,1H3. The Morgan fingerprint density at radius 2 is 2.10 bits per heavy atom. The van der Waals surface area contributed by atoms with Gasteiger partial charge in [-0.3, -0.25) is 0 Å². The van der Waals surface area contributed by atoms with Gasteiger partial charge in [-0.1, -0.05) is 35.8 Å². The number of rotatable bonds is 5. The van der Waals surface area contributed by atoms with Crippen molar-refractivity contribution in [2.75, 3.05) is 12.5 Å². The van der Waals surface area contributed by atoms with E-state index in [2.05, 4.69) is 18.2 Å². The second kappa shape index (κ2) is 8.45. The third-order valence-corrected chi connectivity index (χ3v) is 4.14. The Morgan fingerprint density at radius 3 is 2.81 bits per heavy atom. The summed E-state index contributed by atoms with van der Waals surface area (Å²) in [5, 5.41) is 5.12. The van der Waals surface area contributed by atoms with Crippen LogP contribution in [0.25, 0.3) is 6.08 Å². The van der Waals surface area contributed by atoms with Crippen molar-refractivity contribution in [3.63, 3.8) is 0 Å². The molecule has 2 rings (SSSR count). The molecule has 0 N–H and O–H groups in total. The Morgan fingerprint density at radius 1 is 1.33 bits per heavy atom. The molecule has 2 nitrogen and oxygen atoms in total. The van der Waals surface area contributed by atoms with Crippen LogP contribution in [-0.4, -0.2) is 18.2 Å². The van der Waals surface area contributed by atoms with E-state index < -0.39 is 0 Å². The Balaban J connectivity index is 2.15. The Bertz CT molecular complexity index is 508. The van der Waals surface area contributed by atoms with E-state index >= 15 is 0 Å². The predicted molar refractivity (Wildman–Crippen MR) is 91.2 cm³/mol. The van der Waals surface area contributed by atoms with Crippen molar-refractivity contribution in [1.29, 1.82) is 0 Å². The van der Waals surface area contributed by atoms with Crippen LogP contribution in [0.15, 0.2) is 35.0 Å². The molecule has 0 saturated heterocycles. The van der Waals surface area contributed by atoms with Crippen LogP contribution >= 0.6 is 23.2 Å². The quantitative estimate of drug-likeness (QED) is 0.395. The van der Waals surface area contributed by atoms with Gasteiger partial charge in [-0.05, 0) is 55.0 Å². The molecule has 1 aliphatic carbocycles. The third-order valence-electron chi connectivity index (χ3n) is 3.62. The van der Waals surface area contributed by atoms with E-state index in [1.54, 1.807) is 0 Å². The van der Waals surface area contributed by atoms with Crippen LogP contribution < -0.4 is 0 Å². The molecule has 21 heavy (non-hydrogen) atoms. The molecule has 1 aliphatic rings. The van der Waals surface area contributed by atoms with Crippen molar-refractivity contribution in [3.05, 3.63) is 40.4 Å². The second-order valence-electron chi connectivity index (χ2n) is 5.37. The fraction of sp³-hybridized carbons (Fsp3) is 0.471. The number of nitrogens with zero attached hydrogens (tertiary/aromatic N) is 1. The summed E-state index contributed by atoms with van der Waals surface area (Å²) in [6.07, 6.45) is 6.42. The van der Waals surface area contributed by atoms with Gasteiger partial charge in [-0.2, -0.15) is 0 Å². The number of oxime groups is 1. The highest BCUT2D eigenvalue weighted by Crippen LogP contribution is 2.28. The molecule has 0 bridgehead atoms. The normalized spacial score (nSPS) is 22.7. The van der Waals surface area contributed by atoms with Gasteiger partial charge < -0.3 is 4.84 Å². The van der Waals surface area contributed by atoms with Gasteiger partial charge >= 0.3 is 0 Å². The van der Waals surface area contributed by atoms with Crippen LogP contribution in [0.5, 0.6) is 0 Å². The lowest BCUT2D eigenvalue weighted by molar-refractivity contribution is 0.143. The Labute approximate surface area is 136 Å². The zero-order valence-corrected chi connectivity index (χ0v) is 13.8. The maximum Gasteiger partial charge on any atom is 0.118 e. The van der Waals surface area contributed by atoms with E-state index in [1.807, 2.05) is 24.3 Å². The smallest absolute Gasteiger partial charge is 0.118 e. The molecule has 1 fully saturated rings. The van der Waals surface area contributed by atoms with Crippen LogP contribution in [0, 0.1) is 5.92 Å². The SMILES string of the molecule is CC1CCCC(=Cc2ccc(Cl)cc2)C1=NOCCCCl. The van der Waals surface area contributed by atoms with Crippen molar-refractivity contribution in [1.82, 2.24) is 0 Å². The van der Waals surface area contributed by atoms with E-state index in [0.29, 0.717) is 18.4 Å². The number of benzene rings is 1. The second-order valence-corrected chi connectivity index (χ2v) is 6.18. The van der Waals surface area contributed by atoms with Crippen molar-refractivity contribution in [2.45, 2.75) is 32.6 Å². The van der Waals surface area contributed by atoms with Crippen LogP contribution in [0.3, 0.4) is 0 Å². The summed E-state index contributed by atoms with van der Waals surface area (Å²) in [7, 11) is 0. The minimum atomic E-state index is 0.438. The number of hydrogen-bond donors (Lipinski definition) is 0. The lowest BCUT2D eigenvalue weighted by Gasteiger charge is -2.23. The first-order valence-electron chi connectivity index (χ1n) is 7.43. The van der Waals surface area contributed by atoms with Crippen LogP contribution in [0.4, 0.5) is 0 Å². The first-order valence-corrected chi connectivity index (χ1v) is 8.34. The van der Waals surface area contributed by atoms with E-state index in [9.17, 15) is 0 Å². The maximum atomic E-state index is 5.93. The molecule has 0 amide bonds. The Kier molecular flexibility index (Phi) is 6.59. The van der Waals surface area contributed by atoms with Crippen LogP contribution in [-0.2, 0) is 4.84 Å². The van der Waals surface area contributed by atoms with Crippen molar-refractivity contribution in [2.24, 2.45) is 11.1 Å². The minimum absolute atomic E-state index is 0.438. The van der Waals surface area contributed by atoms with E-state index in [-0.39, 0.29) is 0 Å². The van der Waals surface area contributed by atoms with Crippen LogP contribution in [0.1, 0.15) is 38.2 Å². The molecule has 4 heteroatoms. The summed E-state index contributed by atoms with van der Waals surface area (Å²) >= 11 is 11.6.